The minimum Gasteiger partial charge on any atom is -0.380 e. The van der Waals surface area contributed by atoms with Gasteiger partial charge in [-0.1, -0.05) is 31.2 Å². The van der Waals surface area contributed by atoms with E-state index in [2.05, 4.69) is 34.6 Å². The van der Waals surface area contributed by atoms with Crippen molar-refractivity contribution in [2.45, 2.75) is 45.7 Å². The molecule has 0 fully saturated rings. The lowest BCUT2D eigenvalue weighted by atomic mass is 10.1. The van der Waals surface area contributed by atoms with Gasteiger partial charge in [-0.2, -0.15) is 0 Å². The van der Waals surface area contributed by atoms with Crippen LogP contribution in [-0.4, -0.2) is 21.4 Å². The van der Waals surface area contributed by atoms with E-state index in [0.29, 0.717) is 24.0 Å². The second-order valence-electron chi connectivity index (χ2n) is 7.05. The van der Waals surface area contributed by atoms with Crippen LogP contribution in [0.4, 0.5) is 5.69 Å². The third-order valence-electron chi connectivity index (χ3n) is 5.30. The normalized spacial score (nSPS) is 13.7. The van der Waals surface area contributed by atoms with E-state index < -0.39 is 0 Å². The van der Waals surface area contributed by atoms with E-state index in [4.69, 9.17) is 0 Å². The quantitative estimate of drug-likeness (QED) is 0.706. The number of carbonyl (C=O) groups excluding carboxylic acids is 1. The van der Waals surface area contributed by atoms with Crippen molar-refractivity contribution in [3.8, 4) is 0 Å². The predicted molar refractivity (Wildman–Crippen MR) is 108 cm³/mol. The minimum absolute atomic E-state index is 0.131. The Morgan fingerprint density at radius 1 is 1.22 bits per heavy atom. The van der Waals surface area contributed by atoms with E-state index in [0.717, 1.165) is 18.5 Å². The molecule has 3 aromatic rings. The fourth-order valence-electron chi connectivity index (χ4n) is 3.88. The molecule has 1 aliphatic rings. The van der Waals surface area contributed by atoms with E-state index >= 15 is 0 Å². The first kappa shape index (κ1) is 17.5. The van der Waals surface area contributed by atoms with Gasteiger partial charge < -0.3 is 9.88 Å². The molecule has 0 saturated heterocycles. The molecule has 27 heavy (non-hydrogen) atoms. The van der Waals surface area contributed by atoms with Crippen LogP contribution >= 0.6 is 0 Å². The van der Waals surface area contributed by atoms with Crippen molar-refractivity contribution >= 4 is 22.5 Å². The number of benzene rings is 1. The average molecular weight is 361 g/mol. The van der Waals surface area contributed by atoms with Crippen LogP contribution in [0.15, 0.2) is 47.5 Å². The summed E-state index contributed by atoms with van der Waals surface area (Å²) < 4.78 is 1.87. The van der Waals surface area contributed by atoms with Crippen LogP contribution < -0.4 is 10.7 Å². The van der Waals surface area contributed by atoms with E-state index in [1.165, 1.54) is 11.1 Å². The largest absolute Gasteiger partial charge is 0.380 e. The van der Waals surface area contributed by atoms with Crippen LogP contribution in [-0.2, 0) is 19.4 Å². The molecule has 0 radical (unpaired) electrons. The van der Waals surface area contributed by atoms with Gasteiger partial charge in [0.05, 0.1) is 22.8 Å². The molecule has 1 N–H and O–H groups in total. The van der Waals surface area contributed by atoms with Crippen LogP contribution in [0.25, 0.3) is 11.0 Å². The highest BCUT2D eigenvalue weighted by Crippen LogP contribution is 2.25. The van der Waals surface area contributed by atoms with Crippen LogP contribution in [0, 0.1) is 0 Å². The van der Waals surface area contributed by atoms with Gasteiger partial charge in [0, 0.05) is 25.2 Å². The molecule has 0 bridgehead atoms. The van der Waals surface area contributed by atoms with Crippen LogP contribution in [0.1, 0.15) is 41.8 Å². The van der Waals surface area contributed by atoms with Gasteiger partial charge in [0.2, 0.25) is 5.43 Å². The predicted octanol–water partition coefficient (Wildman–Crippen LogP) is 3.59. The third-order valence-corrected chi connectivity index (χ3v) is 5.30. The number of pyridine rings is 2. The zero-order chi connectivity index (χ0) is 19.0. The molecule has 0 aliphatic heterocycles. The van der Waals surface area contributed by atoms with Gasteiger partial charge in [0.1, 0.15) is 5.65 Å². The standard InChI is InChI=1S/C22H23N3O2/c1-3-20(26)19-13-25(4-2)22-18(21(19)27)11-17(12-23-22)24-16-9-14-7-5-6-8-15(14)10-16/h5-8,11-13,16,24H,3-4,9-10H2,1-2H3. The molecular formula is C22H23N3O2. The summed E-state index contributed by atoms with van der Waals surface area (Å²) in [5.41, 5.74) is 4.20. The maximum absolute atomic E-state index is 12.9. The summed E-state index contributed by atoms with van der Waals surface area (Å²) in [6, 6.07) is 10.6. The summed E-state index contributed by atoms with van der Waals surface area (Å²) in [5, 5.41) is 4.01. The number of nitrogens with zero attached hydrogens (tertiary/aromatic N) is 2. The van der Waals surface area contributed by atoms with Crippen molar-refractivity contribution in [1.82, 2.24) is 9.55 Å². The highest BCUT2D eigenvalue weighted by atomic mass is 16.1. The van der Waals surface area contributed by atoms with E-state index in [-0.39, 0.29) is 22.8 Å². The van der Waals surface area contributed by atoms with Crippen molar-refractivity contribution in [3.05, 3.63) is 69.6 Å². The number of anilines is 1. The number of nitrogens with one attached hydrogen (secondary N) is 1. The molecule has 0 saturated carbocycles. The second kappa shape index (κ2) is 6.99. The van der Waals surface area contributed by atoms with Crippen molar-refractivity contribution in [2.75, 3.05) is 5.32 Å². The Morgan fingerprint density at radius 2 is 1.93 bits per heavy atom. The highest BCUT2D eigenvalue weighted by molar-refractivity contribution is 5.98. The number of hydrogen-bond donors (Lipinski definition) is 1. The summed E-state index contributed by atoms with van der Waals surface area (Å²) in [5.74, 6) is -0.131. The smallest absolute Gasteiger partial charge is 0.201 e. The van der Waals surface area contributed by atoms with Gasteiger partial charge >= 0.3 is 0 Å². The first-order valence-corrected chi connectivity index (χ1v) is 9.50. The van der Waals surface area contributed by atoms with Crippen LogP contribution in [0.2, 0.25) is 0 Å². The Kier molecular flexibility index (Phi) is 4.52. The zero-order valence-electron chi connectivity index (χ0n) is 15.7. The van der Waals surface area contributed by atoms with Crippen LogP contribution in [0.5, 0.6) is 0 Å². The minimum atomic E-state index is -0.229. The van der Waals surface area contributed by atoms with Gasteiger partial charge in [-0.05, 0) is 37.0 Å². The Balaban J connectivity index is 1.70. The number of ketones is 1. The molecule has 4 rings (SSSR count). The molecule has 0 unspecified atom stereocenters. The number of carbonyl (C=O) groups is 1. The van der Waals surface area contributed by atoms with Gasteiger partial charge in [-0.15, -0.1) is 0 Å². The zero-order valence-corrected chi connectivity index (χ0v) is 15.7. The summed E-state index contributed by atoms with van der Waals surface area (Å²) in [6.45, 7) is 4.41. The molecule has 2 aromatic heterocycles. The Bertz CT molecular complexity index is 1060. The molecule has 0 spiro atoms. The fourth-order valence-corrected chi connectivity index (χ4v) is 3.88. The molecule has 0 amide bonds. The summed E-state index contributed by atoms with van der Waals surface area (Å²) >= 11 is 0. The molecule has 0 atom stereocenters. The van der Waals surface area contributed by atoms with Gasteiger partial charge in [0.25, 0.3) is 0 Å². The van der Waals surface area contributed by atoms with E-state index in [1.54, 1.807) is 19.3 Å². The lowest BCUT2D eigenvalue weighted by Gasteiger charge is -2.15. The molecule has 2 heterocycles. The topological polar surface area (TPSA) is 64.0 Å². The molecule has 5 heteroatoms. The second-order valence-corrected chi connectivity index (χ2v) is 7.05. The third kappa shape index (κ3) is 3.14. The first-order chi connectivity index (χ1) is 13.1. The molecular weight excluding hydrogens is 338 g/mol. The summed E-state index contributed by atoms with van der Waals surface area (Å²) in [7, 11) is 0. The number of hydrogen-bond acceptors (Lipinski definition) is 4. The van der Waals surface area contributed by atoms with Gasteiger partial charge in [-0.3, -0.25) is 9.59 Å². The number of aryl methyl sites for hydroxylation is 1. The van der Waals surface area contributed by atoms with E-state index in [1.807, 2.05) is 17.6 Å². The van der Waals surface area contributed by atoms with E-state index in [9.17, 15) is 9.59 Å². The van der Waals surface area contributed by atoms with Crippen molar-refractivity contribution in [2.24, 2.45) is 0 Å². The number of rotatable bonds is 5. The Labute approximate surface area is 158 Å². The first-order valence-electron chi connectivity index (χ1n) is 9.50. The Morgan fingerprint density at radius 3 is 2.56 bits per heavy atom. The van der Waals surface area contributed by atoms with Crippen molar-refractivity contribution in [3.63, 3.8) is 0 Å². The molecule has 138 valence electrons. The number of fused-ring (bicyclic) bond motifs is 2. The van der Waals surface area contributed by atoms with Crippen molar-refractivity contribution in [1.29, 1.82) is 0 Å². The highest BCUT2D eigenvalue weighted by Gasteiger charge is 2.21. The maximum atomic E-state index is 12.9. The van der Waals surface area contributed by atoms with Gasteiger partial charge in [0.15, 0.2) is 5.78 Å². The number of aromatic nitrogens is 2. The van der Waals surface area contributed by atoms with Crippen molar-refractivity contribution < 1.29 is 4.79 Å². The number of Topliss-reactive ketones (excluding diaryl/α,β-unsaturated/α-hetero) is 1. The Hall–Kier alpha value is -2.95. The maximum Gasteiger partial charge on any atom is 0.201 e. The average Bonchev–Trinajstić information content (AvgIpc) is 3.10. The fraction of sp³-hybridized carbons (Fsp3) is 0.318. The lowest BCUT2D eigenvalue weighted by Crippen LogP contribution is -2.21. The molecule has 1 aromatic carbocycles. The van der Waals surface area contributed by atoms with Crippen LogP contribution in [0.3, 0.4) is 0 Å². The monoisotopic (exact) mass is 361 g/mol. The SMILES string of the molecule is CCC(=O)c1cn(CC)c2ncc(NC3Cc4ccccc4C3)cc2c1=O. The molecule has 5 nitrogen and oxygen atoms in total. The molecule has 1 aliphatic carbocycles. The lowest BCUT2D eigenvalue weighted by molar-refractivity contribution is 0.0986. The summed E-state index contributed by atoms with van der Waals surface area (Å²) in [6.07, 6.45) is 5.65. The summed E-state index contributed by atoms with van der Waals surface area (Å²) in [4.78, 5) is 29.6. The van der Waals surface area contributed by atoms with Gasteiger partial charge in [-0.25, -0.2) is 4.98 Å².